The van der Waals surface area contributed by atoms with Gasteiger partial charge in [0.05, 0.1) is 27.5 Å². The molecule has 3 heteroatoms. The van der Waals surface area contributed by atoms with Gasteiger partial charge < -0.3 is 4.57 Å². The number of hydrogen-bond acceptors (Lipinski definition) is 0. The SMILES string of the molecule is Cc1c(C)c2c(c3c1CC[n+]1ccc(/C=C/c4ccc(-n5c6ccccc6c6ccccc65)cc4)cc1-3)-c1c3ccccc3cc[n+]1CC2. The summed E-state index contributed by atoms with van der Waals surface area (Å²) >= 11 is 0. The fraction of sp³-hybridized carbons (Fsp3) is 0.130. The number of para-hydroxylation sites is 2. The van der Waals surface area contributed by atoms with Gasteiger partial charge in [-0.1, -0.05) is 78.9 Å². The molecular formula is C46H37N3+2. The average molecular weight is 632 g/mol. The van der Waals surface area contributed by atoms with Crippen molar-refractivity contribution >= 4 is 44.7 Å². The van der Waals surface area contributed by atoms with E-state index in [1.807, 2.05) is 0 Å². The van der Waals surface area contributed by atoms with E-state index >= 15 is 0 Å². The second kappa shape index (κ2) is 10.9. The van der Waals surface area contributed by atoms with Crippen LogP contribution < -0.4 is 9.13 Å². The van der Waals surface area contributed by atoms with E-state index in [-0.39, 0.29) is 0 Å². The molecule has 0 aliphatic carbocycles. The van der Waals surface area contributed by atoms with Gasteiger partial charge in [0, 0.05) is 47.5 Å². The number of pyridine rings is 2. The quantitative estimate of drug-likeness (QED) is 0.172. The van der Waals surface area contributed by atoms with Crippen molar-refractivity contribution in [3.63, 3.8) is 0 Å². The Balaban J connectivity index is 1.06. The van der Waals surface area contributed by atoms with Gasteiger partial charge in [-0.3, -0.25) is 0 Å². The van der Waals surface area contributed by atoms with Crippen LogP contribution in [0.5, 0.6) is 0 Å². The lowest BCUT2D eigenvalue weighted by Gasteiger charge is -2.27. The van der Waals surface area contributed by atoms with Crippen LogP contribution in [-0.2, 0) is 25.9 Å². The third kappa shape index (κ3) is 4.28. The topological polar surface area (TPSA) is 12.7 Å². The number of hydrogen-bond donors (Lipinski definition) is 0. The van der Waals surface area contributed by atoms with E-state index < -0.39 is 0 Å². The van der Waals surface area contributed by atoms with Crippen molar-refractivity contribution in [1.82, 2.24) is 4.57 Å². The van der Waals surface area contributed by atoms with Gasteiger partial charge in [0.25, 0.3) is 0 Å². The van der Waals surface area contributed by atoms with Crippen molar-refractivity contribution in [1.29, 1.82) is 0 Å². The Labute approximate surface area is 286 Å². The lowest BCUT2D eigenvalue weighted by Crippen LogP contribution is -2.43. The van der Waals surface area contributed by atoms with Crippen molar-refractivity contribution in [2.24, 2.45) is 0 Å². The number of rotatable bonds is 3. The smallest absolute Gasteiger partial charge is 0.221 e. The van der Waals surface area contributed by atoms with Gasteiger partial charge in [0.1, 0.15) is 0 Å². The molecule has 0 unspecified atom stereocenters. The summed E-state index contributed by atoms with van der Waals surface area (Å²) in [5.74, 6) is 0. The minimum absolute atomic E-state index is 1.01. The first-order valence-corrected chi connectivity index (χ1v) is 17.5. The molecule has 3 nitrogen and oxygen atoms in total. The molecule has 5 aromatic carbocycles. The summed E-state index contributed by atoms with van der Waals surface area (Å²) in [5, 5.41) is 5.22. The first kappa shape index (κ1) is 28.2. The maximum atomic E-state index is 2.49. The Bertz CT molecular complexity index is 2620. The monoisotopic (exact) mass is 631 g/mol. The van der Waals surface area contributed by atoms with Crippen LogP contribution in [0.25, 0.3) is 72.9 Å². The molecule has 0 saturated heterocycles. The van der Waals surface area contributed by atoms with Crippen molar-refractivity contribution in [3.05, 3.63) is 161 Å². The van der Waals surface area contributed by atoms with E-state index in [1.54, 1.807) is 0 Å². The third-order valence-corrected chi connectivity index (χ3v) is 11.2. The Morgan fingerprint density at radius 1 is 0.551 bits per heavy atom. The summed E-state index contributed by atoms with van der Waals surface area (Å²) in [6.45, 7) is 6.72. The molecule has 0 amide bonds. The molecular weight excluding hydrogens is 595 g/mol. The minimum atomic E-state index is 1.01. The summed E-state index contributed by atoms with van der Waals surface area (Å²) in [5.41, 5.74) is 17.6. The normalized spacial score (nSPS) is 13.5. The molecule has 5 heterocycles. The molecule has 2 aliphatic rings. The van der Waals surface area contributed by atoms with E-state index in [2.05, 4.69) is 167 Å². The highest BCUT2D eigenvalue weighted by atomic mass is 15.0. The van der Waals surface area contributed by atoms with Crippen LogP contribution in [-0.4, -0.2) is 4.57 Å². The van der Waals surface area contributed by atoms with Gasteiger partial charge >= 0.3 is 0 Å². The maximum absolute atomic E-state index is 2.49. The van der Waals surface area contributed by atoms with E-state index in [0.717, 1.165) is 25.9 Å². The van der Waals surface area contributed by atoms with E-state index in [4.69, 9.17) is 0 Å². The predicted octanol–water partition coefficient (Wildman–Crippen LogP) is 9.75. The van der Waals surface area contributed by atoms with Gasteiger partial charge in [-0.05, 0) is 82.9 Å². The fourth-order valence-corrected chi connectivity index (χ4v) is 8.67. The zero-order valence-electron chi connectivity index (χ0n) is 27.9. The van der Waals surface area contributed by atoms with Crippen LogP contribution in [0.4, 0.5) is 0 Å². The molecule has 0 saturated carbocycles. The van der Waals surface area contributed by atoms with Crippen LogP contribution in [0, 0.1) is 13.8 Å². The lowest BCUT2D eigenvalue weighted by molar-refractivity contribution is -0.689. The molecule has 0 N–H and O–H groups in total. The first-order chi connectivity index (χ1) is 24.1. The molecule has 234 valence electrons. The standard InChI is InChI=1S/C46H37N3/c1-30-31(2)37-24-28-48-26-22-34-9-3-4-10-38(34)46(48)45(37)44-36(30)23-27-47-25-21-33(29-43(44)47)16-15-32-17-19-35(20-18-32)49-41-13-7-5-11-39(41)40-12-6-8-14-42(40)49/h3-22,25-26,29H,23-24,27-28H2,1-2H3/q+2. The second-order valence-electron chi connectivity index (χ2n) is 13.7. The van der Waals surface area contributed by atoms with Crippen LogP contribution in [0.1, 0.15) is 33.4 Å². The van der Waals surface area contributed by atoms with Gasteiger partial charge in [0.2, 0.25) is 11.4 Å². The summed E-state index contributed by atoms with van der Waals surface area (Å²) in [6, 6.07) is 42.2. The maximum Gasteiger partial charge on any atom is 0.221 e. The fourth-order valence-electron chi connectivity index (χ4n) is 8.67. The molecule has 10 rings (SSSR count). The molecule has 49 heavy (non-hydrogen) atoms. The minimum Gasteiger partial charge on any atom is -0.309 e. The number of benzene rings is 5. The zero-order valence-corrected chi connectivity index (χ0v) is 27.9. The van der Waals surface area contributed by atoms with Crippen LogP contribution >= 0.6 is 0 Å². The second-order valence-corrected chi connectivity index (χ2v) is 13.7. The number of nitrogens with zero attached hydrogens (tertiary/aromatic N) is 3. The molecule has 0 atom stereocenters. The van der Waals surface area contributed by atoms with E-state index in [0.29, 0.717) is 0 Å². The summed E-state index contributed by atoms with van der Waals surface area (Å²) in [6.07, 6.45) is 11.2. The van der Waals surface area contributed by atoms with Gasteiger partial charge in [0.15, 0.2) is 25.5 Å². The Morgan fingerprint density at radius 3 is 1.88 bits per heavy atom. The average Bonchev–Trinajstić information content (AvgIpc) is 3.50. The Hall–Kier alpha value is -5.80. The van der Waals surface area contributed by atoms with Crippen molar-refractivity contribution in [3.8, 4) is 28.2 Å². The number of aryl methyl sites for hydroxylation is 2. The molecule has 8 aromatic rings. The predicted molar refractivity (Wildman–Crippen MR) is 202 cm³/mol. The number of fused-ring (bicyclic) bond motifs is 12. The molecule has 2 aliphatic heterocycles. The first-order valence-electron chi connectivity index (χ1n) is 17.5. The molecule has 0 spiro atoms. The van der Waals surface area contributed by atoms with Crippen LogP contribution in [0.15, 0.2) is 128 Å². The summed E-state index contributed by atoms with van der Waals surface area (Å²) < 4.78 is 7.34. The summed E-state index contributed by atoms with van der Waals surface area (Å²) in [7, 11) is 0. The highest BCUT2D eigenvalue weighted by molar-refractivity contribution is 6.09. The van der Waals surface area contributed by atoms with Crippen molar-refractivity contribution < 1.29 is 9.13 Å². The molecule has 0 bridgehead atoms. The molecule has 0 radical (unpaired) electrons. The van der Waals surface area contributed by atoms with Crippen LogP contribution in [0.3, 0.4) is 0 Å². The highest BCUT2D eigenvalue weighted by Gasteiger charge is 2.37. The Kier molecular flexibility index (Phi) is 6.26. The van der Waals surface area contributed by atoms with Crippen molar-refractivity contribution in [2.45, 2.75) is 39.8 Å². The zero-order chi connectivity index (χ0) is 32.6. The van der Waals surface area contributed by atoms with E-state index in [9.17, 15) is 0 Å². The summed E-state index contributed by atoms with van der Waals surface area (Å²) in [4.78, 5) is 0. The number of aromatic nitrogens is 3. The largest absolute Gasteiger partial charge is 0.309 e. The van der Waals surface area contributed by atoms with Gasteiger partial charge in [-0.25, -0.2) is 0 Å². The Morgan fingerprint density at radius 2 is 1.14 bits per heavy atom. The molecule has 0 fully saturated rings. The van der Waals surface area contributed by atoms with Gasteiger partial charge in [-0.15, -0.1) is 0 Å². The lowest BCUT2D eigenvalue weighted by atomic mass is 9.79. The van der Waals surface area contributed by atoms with E-state index in [1.165, 1.54) is 94.2 Å². The molecule has 3 aromatic heterocycles. The highest BCUT2D eigenvalue weighted by Crippen LogP contribution is 2.44. The van der Waals surface area contributed by atoms with Gasteiger partial charge in [-0.2, -0.15) is 9.13 Å². The third-order valence-electron chi connectivity index (χ3n) is 11.2. The van der Waals surface area contributed by atoms with Crippen LogP contribution in [0.2, 0.25) is 0 Å². The van der Waals surface area contributed by atoms with Crippen molar-refractivity contribution in [2.75, 3.05) is 0 Å².